The zero-order valence-electron chi connectivity index (χ0n) is 14.8. The summed E-state index contributed by atoms with van der Waals surface area (Å²) in [5.74, 6) is 0.695. The summed E-state index contributed by atoms with van der Waals surface area (Å²) in [6, 6.07) is 14.1. The second-order valence-electron chi connectivity index (χ2n) is 6.46. The Kier molecular flexibility index (Phi) is 5.21. The van der Waals surface area contributed by atoms with Crippen LogP contribution in [0.2, 0.25) is 5.02 Å². The largest absolute Gasteiger partial charge is 0.354 e. The van der Waals surface area contributed by atoms with Gasteiger partial charge in [0, 0.05) is 16.3 Å². The molecule has 3 aromatic rings. The van der Waals surface area contributed by atoms with Crippen LogP contribution < -0.4 is 0 Å². The molecule has 2 atom stereocenters. The van der Waals surface area contributed by atoms with E-state index in [1.807, 2.05) is 28.9 Å². The Balaban J connectivity index is 1.70. The SMILES string of the molecule is CCCSc1ncnn1CC1(c2ccc(F)cc2)OC1c1ccccc1Cl. The molecule has 1 aromatic heterocycles. The van der Waals surface area contributed by atoms with E-state index in [-0.39, 0.29) is 11.9 Å². The summed E-state index contributed by atoms with van der Waals surface area (Å²) in [7, 11) is 0. The van der Waals surface area contributed by atoms with Gasteiger partial charge in [0.25, 0.3) is 0 Å². The molecule has 0 radical (unpaired) electrons. The zero-order chi connectivity index (χ0) is 18.9. The maximum atomic E-state index is 13.5. The topological polar surface area (TPSA) is 43.2 Å². The fraction of sp³-hybridized carbons (Fsp3) is 0.300. The normalized spacial score (nSPS) is 21.4. The number of ether oxygens (including phenoxy) is 1. The summed E-state index contributed by atoms with van der Waals surface area (Å²) in [6.45, 7) is 2.62. The lowest BCUT2D eigenvalue weighted by Crippen LogP contribution is -2.20. The Morgan fingerprint density at radius 2 is 2.00 bits per heavy atom. The van der Waals surface area contributed by atoms with E-state index in [4.69, 9.17) is 16.3 Å². The highest BCUT2D eigenvalue weighted by molar-refractivity contribution is 7.99. The molecule has 4 nitrogen and oxygen atoms in total. The van der Waals surface area contributed by atoms with Crippen LogP contribution in [0.15, 0.2) is 60.0 Å². The van der Waals surface area contributed by atoms with Crippen molar-refractivity contribution in [3.8, 4) is 0 Å². The molecule has 2 heterocycles. The van der Waals surface area contributed by atoms with Gasteiger partial charge in [-0.15, -0.1) is 0 Å². The van der Waals surface area contributed by atoms with Gasteiger partial charge >= 0.3 is 0 Å². The molecule has 7 heteroatoms. The molecule has 2 unspecified atom stereocenters. The zero-order valence-corrected chi connectivity index (χ0v) is 16.4. The molecule has 0 bridgehead atoms. The molecule has 4 rings (SSSR count). The average Bonchev–Trinajstić information content (AvgIpc) is 3.22. The fourth-order valence-corrected chi connectivity index (χ4v) is 4.24. The van der Waals surface area contributed by atoms with E-state index in [1.54, 1.807) is 30.2 Å². The molecule has 0 aliphatic carbocycles. The first-order chi connectivity index (χ1) is 13.1. The molecule has 27 heavy (non-hydrogen) atoms. The summed E-state index contributed by atoms with van der Waals surface area (Å²) in [6.07, 6.45) is 2.40. The van der Waals surface area contributed by atoms with Crippen LogP contribution in [-0.2, 0) is 16.9 Å². The third-order valence-corrected chi connectivity index (χ3v) is 6.15. The van der Waals surface area contributed by atoms with Gasteiger partial charge in [-0.1, -0.05) is 60.6 Å². The van der Waals surface area contributed by atoms with Crippen molar-refractivity contribution in [2.75, 3.05) is 5.75 Å². The first kappa shape index (κ1) is 18.5. The van der Waals surface area contributed by atoms with Gasteiger partial charge in [-0.25, -0.2) is 14.1 Å². The lowest BCUT2D eigenvalue weighted by atomic mass is 9.91. The van der Waals surface area contributed by atoms with Gasteiger partial charge in [-0.05, 0) is 30.2 Å². The monoisotopic (exact) mass is 403 g/mol. The molecule has 0 saturated carbocycles. The molecular formula is C20H19ClFN3OS. The van der Waals surface area contributed by atoms with Crippen molar-refractivity contribution < 1.29 is 9.13 Å². The Morgan fingerprint density at radius 3 is 2.74 bits per heavy atom. The Bertz CT molecular complexity index is 933. The highest BCUT2D eigenvalue weighted by Gasteiger charge is 2.59. The van der Waals surface area contributed by atoms with E-state index in [9.17, 15) is 4.39 Å². The van der Waals surface area contributed by atoms with Gasteiger partial charge in [0.05, 0.1) is 6.54 Å². The summed E-state index contributed by atoms with van der Waals surface area (Å²) >= 11 is 8.07. The quantitative estimate of drug-likeness (QED) is 0.399. The molecule has 0 N–H and O–H groups in total. The lowest BCUT2D eigenvalue weighted by molar-refractivity contribution is 0.256. The highest BCUT2D eigenvalue weighted by atomic mass is 35.5. The second-order valence-corrected chi connectivity index (χ2v) is 7.93. The van der Waals surface area contributed by atoms with Crippen LogP contribution in [-0.4, -0.2) is 20.5 Å². The summed E-state index contributed by atoms with van der Waals surface area (Å²) in [5.41, 5.74) is 1.18. The predicted molar refractivity (Wildman–Crippen MR) is 104 cm³/mol. The van der Waals surface area contributed by atoms with Crippen LogP contribution >= 0.6 is 23.4 Å². The molecule has 1 aliphatic rings. The van der Waals surface area contributed by atoms with Crippen LogP contribution in [0.5, 0.6) is 0 Å². The summed E-state index contributed by atoms with van der Waals surface area (Å²) in [4.78, 5) is 4.36. The lowest BCUT2D eigenvalue weighted by Gasteiger charge is -2.16. The number of thioether (sulfide) groups is 1. The third kappa shape index (κ3) is 3.61. The molecule has 1 fully saturated rings. The molecule has 0 spiro atoms. The van der Waals surface area contributed by atoms with E-state index in [0.717, 1.165) is 28.5 Å². The van der Waals surface area contributed by atoms with Crippen LogP contribution in [0.3, 0.4) is 0 Å². The van der Waals surface area contributed by atoms with Crippen LogP contribution in [0, 0.1) is 5.82 Å². The van der Waals surface area contributed by atoms with Crippen LogP contribution in [0.25, 0.3) is 0 Å². The van der Waals surface area contributed by atoms with E-state index in [1.165, 1.54) is 12.1 Å². The number of epoxide rings is 1. The van der Waals surface area contributed by atoms with Crippen LogP contribution in [0.4, 0.5) is 4.39 Å². The minimum atomic E-state index is -0.645. The van der Waals surface area contributed by atoms with E-state index in [2.05, 4.69) is 17.0 Å². The number of benzene rings is 2. The Hall–Kier alpha value is -1.89. The van der Waals surface area contributed by atoms with Gasteiger partial charge < -0.3 is 4.74 Å². The van der Waals surface area contributed by atoms with Crippen molar-refractivity contribution in [2.45, 2.75) is 36.8 Å². The molecule has 140 valence electrons. The van der Waals surface area contributed by atoms with Crippen molar-refractivity contribution in [3.05, 3.63) is 76.8 Å². The number of aromatic nitrogens is 3. The fourth-order valence-electron chi connectivity index (χ4n) is 3.23. The number of hydrogen-bond acceptors (Lipinski definition) is 4. The van der Waals surface area contributed by atoms with E-state index < -0.39 is 5.60 Å². The smallest absolute Gasteiger partial charge is 0.186 e. The Morgan fingerprint density at radius 1 is 1.22 bits per heavy atom. The predicted octanol–water partition coefficient (Wildman–Crippen LogP) is 5.24. The molecule has 1 aliphatic heterocycles. The molecule has 2 aromatic carbocycles. The van der Waals surface area contributed by atoms with Gasteiger partial charge in [-0.3, -0.25) is 0 Å². The van der Waals surface area contributed by atoms with Gasteiger partial charge in [-0.2, -0.15) is 5.10 Å². The standard InChI is InChI=1S/C20H19ClFN3OS/c1-2-11-27-19-23-13-24-25(19)12-20(14-7-9-15(22)10-8-14)18(26-20)16-5-3-4-6-17(16)21/h3-10,13,18H,2,11-12H2,1H3. The van der Waals surface area contributed by atoms with Crippen molar-refractivity contribution >= 4 is 23.4 Å². The Labute approximate surface area is 166 Å². The van der Waals surface area contributed by atoms with Gasteiger partial charge in [0.2, 0.25) is 0 Å². The molecule has 0 amide bonds. The van der Waals surface area contributed by atoms with Crippen molar-refractivity contribution in [1.82, 2.24) is 14.8 Å². The summed E-state index contributed by atoms with van der Waals surface area (Å²) < 4.78 is 21.6. The summed E-state index contributed by atoms with van der Waals surface area (Å²) in [5, 5.41) is 5.90. The number of nitrogens with zero attached hydrogens (tertiary/aromatic N) is 3. The molecular weight excluding hydrogens is 385 g/mol. The number of halogens is 2. The maximum Gasteiger partial charge on any atom is 0.186 e. The first-order valence-electron chi connectivity index (χ1n) is 8.83. The number of rotatable bonds is 7. The first-order valence-corrected chi connectivity index (χ1v) is 10.2. The van der Waals surface area contributed by atoms with Crippen molar-refractivity contribution in [2.24, 2.45) is 0 Å². The third-order valence-electron chi connectivity index (χ3n) is 4.61. The maximum absolute atomic E-state index is 13.5. The second kappa shape index (κ2) is 7.62. The van der Waals surface area contributed by atoms with Crippen molar-refractivity contribution in [1.29, 1.82) is 0 Å². The number of hydrogen-bond donors (Lipinski definition) is 0. The van der Waals surface area contributed by atoms with E-state index in [0.29, 0.717) is 11.6 Å². The van der Waals surface area contributed by atoms with E-state index >= 15 is 0 Å². The van der Waals surface area contributed by atoms with Gasteiger partial charge in [0.15, 0.2) is 5.16 Å². The minimum absolute atomic E-state index is 0.218. The van der Waals surface area contributed by atoms with Crippen LogP contribution in [0.1, 0.15) is 30.6 Å². The van der Waals surface area contributed by atoms with Crippen molar-refractivity contribution in [3.63, 3.8) is 0 Å². The van der Waals surface area contributed by atoms with Gasteiger partial charge in [0.1, 0.15) is 23.8 Å². The highest BCUT2D eigenvalue weighted by Crippen LogP contribution is 2.59. The average molecular weight is 404 g/mol. The molecule has 1 saturated heterocycles. The minimum Gasteiger partial charge on any atom is -0.354 e.